The number of hydrogen-bond acceptors (Lipinski definition) is 2. The molecule has 2 fully saturated rings. The Morgan fingerprint density at radius 1 is 1.36 bits per heavy atom. The summed E-state index contributed by atoms with van der Waals surface area (Å²) in [6.07, 6.45) is 4.74. The van der Waals surface area contributed by atoms with Crippen LogP contribution in [0.3, 0.4) is 0 Å². The van der Waals surface area contributed by atoms with E-state index in [2.05, 4.69) is 24.1 Å². The van der Waals surface area contributed by atoms with Crippen LogP contribution in [0.4, 0.5) is 0 Å². The molecule has 2 rings (SSSR count). The van der Waals surface area contributed by atoms with E-state index in [4.69, 9.17) is 0 Å². The van der Waals surface area contributed by atoms with E-state index in [0.29, 0.717) is 18.0 Å². The molecule has 3 nitrogen and oxygen atoms in total. The average Bonchev–Trinajstić information content (AvgIpc) is 2.32. The molecule has 1 N–H and O–H groups in total. The van der Waals surface area contributed by atoms with Gasteiger partial charge < -0.3 is 10.2 Å². The monoisotopic (exact) mass is 196 g/mol. The van der Waals surface area contributed by atoms with Gasteiger partial charge in [0.15, 0.2) is 0 Å². The summed E-state index contributed by atoms with van der Waals surface area (Å²) in [6.45, 7) is 5.16. The first-order chi connectivity index (χ1) is 6.68. The van der Waals surface area contributed by atoms with Crippen LogP contribution in [0, 0.1) is 0 Å². The maximum atomic E-state index is 11.9. The second-order valence-electron chi connectivity index (χ2n) is 4.78. The number of likely N-dealkylation sites (tertiary alicyclic amines) is 1. The summed E-state index contributed by atoms with van der Waals surface area (Å²) in [6, 6.07) is 1.07. The third-order valence-corrected chi connectivity index (χ3v) is 3.29. The molecule has 14 heavy (non-hydrogen) atoms. The lowest BCUT2D eigenvalue weighted by atomic mass is 9.92. The van der Waals surface area contributed by atoms with E-state index in [-0.39, 0.29) is 6.04 Å². The van der Waals surface area contributed by atoms with Crippen LogP contribution >= 0.6 is 0 Å². The first-order valence-corrected chi connectivity index (χ1v) is 5.75. The summed E-state index contributed by atoms with van der Waals surface area (Å²) >= 11 is 0. The highest BCUT2D eigenvalue weighted by Crippen LogP contribution is 2.28. The van der Waals surface area contributed by atoms with E-state index in [1.54, 1.807) is 0 Å². The standard InChI is InChI=1S/C11H20N2O/c1-8(2)12-10-6-7-13(11(10)14)9-4-3-5-9/h8-10,12H,3-7H2,1-2H3. The molecule has 1 unspecified atom stereocenters. The molecule has 0 spiro atoms. The third-order valence-electron chi connectivity index (χ3n) is 3.29. The van der Waals surface area contributed by atoms with Crippen molar-refractivity contribution in [3.8, 4) is 0 Å². The van der Waals surface area contributed by atoms with Crippen LogP contribution in [-0.2, 0) is 4.79 Å². The summed E-state index contributed by atoms with van der Waals surface area (Å²) in [4.78, 5) is 14.0. The Balaban J connectivity index is 1.89. The highest BCUT2D eigenvalue weighted by atomic mass is 16.2. The molecule has 1 saturated heterocycles. The fraction of sp³-hybridized carbons (Fsp3) is 0.909. The van der Waals surface area contributed by atoms with Gasteiger partial charge in [0.2, 0.25) is 5.91 Å². The van der Waals surface area contributed by atoms with Crippen LogP contribution in [0.2, 0.25) is 0 Å². The SMILES string of the molecule is CC(C)NC1CCN(C2CCC2)C1=O. The van der Waals surface area contributed by atoms with E-state index in [1.165, 1.54) is 19.3 Å². The summed E-state index contributed by atoms with van der Waals surface area (Å²) in [5, 5.41) is 3.33. The normalized spacial score (nSPS) is 28.6. The molecule has 0 radical (unpaired) electrons. The fourth-order valence-corrected chi connectivity index (χ4v) is 2.32. The zero-order chi connectivity index (χ0) is 10.1. The topological polar surface area (TPSA) is 32.3 Å². The highest BCUT2D eigenvalue weighted by molar-refractivity contribution is 5.84. The lowest BCUT2D eigenvalue weighted by Gasteiger charge is -2.34. The Morgan fingerprint density at radius 2 is 2.07 bits per heavy atom. The highest BCUT2D eigenvalue weighted by Gasteiger charge is 2.37. The second-order valence-corrected chi connectivity index (χ2v) is 4.78. The van der Waals surface area contributed by atoms with Crippen molar-refractivity contribution in [2.24, 2.45) is 0 Å². The fourth-order valence-electron chi connectivity index (χ4n) is 2.32. The number of rotatable bonds is 3. The van der Waals surface area contributed by atoms with Gasteiger partial charge in [-0.3, -0.25) is 4.79 Å². The summed E-state index contributed by atoms with van der Waals surface area (Å²) in [5.41, 5.74) is 0. The Kier molecular flexibility index (Phi) is 2.77. The second kappa shape index (κ2) is 3.89. The number of carbonyl (C=O) groups is 1. The van der Waals surface area contributed by atoms with Crippen LogP contribution in [0.25, 0.3) is 0 Å². The van der Waals surface area contributed by atoms with Gasteiger partial charge in [0.05, 0.1) is 6.04 Å². The minimum Gasteiger partial charge on any atom is -0.338 e. The molecule has 0 aromatic heterocycles. The minimum absolute atomic E-state index is 0.0931. The van der Waals surface area contributed by atoms with Crippen LogP contribution in [0.5, 0.6) is 0 Å². The van der Waals surface area contributed by atoms with Crippen molar-refractivity contribution in [2.45, 2.75) is 57.7 Å². The zero-order valence-corrected chi connectivity index (χ0v) is 9.12. The van der Waals surface area contributed by atoms with Gasteiger partial charge in [-0.1, -0.05) is 13.8 Å². The Morgan fingerprint density at radius 3 is 2.57 bits per heavy atom. The van der Waals surface area contributed by atoms with Crippen molar-refractivity contribution < 1.29 is 4.79 Å². The molecule has 0 aromatic rings. The molecule has 1 aliphatic carbocycles. The van der Waals surface area contributed by atoms with E-state index in [0.717, 1.165) is 13.0 Å². The molecule has 1 amide bonds. The van der Waals surface area contributed by atoms with Crippen LogP contribution in [0.1, 0.15) is 39.5 Å². The van der Waals surface area contributed by atoms with Gasteiger partial charge in [-0.25, -0.2) is 0 Å². The quantitative estimate of drug-likeness (QED) is 0.734. The molecule has 1 heterocycles. The number of nitrogens with one attached hydrogen (secondary N) is 1. The van der Waals surface area contributed by atoms with Gasteiger partial charge in [-0.15, -0.1) is 0 Å². The zero-order valence-electron chi connectivity index (χ0n) is 9.12. The molecule has 1 atom stereocenters. The number of carbonyl (C=O) groups excluding carboxylic acids is 1. The van der Waals surface area contributed by atoms with Crippen molar-refractivity contribution in [2.75, 3.05) is 6.54 Å². The van der Waals surface area contributed by atoms with E-state index in [9.17, 15) is 4.79 Å². The van der Waals surface area contributed by atoms with Gasteiger partial charge in [-0.05, 0) is 25.7 Å². The Labute approximate surface area is 85.8 Å². The van der Waals surface area contributed by atoms with Crippen molar-refractivity contribution in [1.82, 2.24) is 10.2 Å². The third kappa shape index (κ3) is 1.78. The Bertz CT molecular complexity index is 223. The van der Waals surface area contributed by atoms with Gasteiger partial charge in [-0.2, -0.15) is 0 Å². The Hall–Kier alpha value is -0.570. The molecule has 80 valence electrons. The summed E-state index contributed by atoms with van der Waals surface area (Å²) in [7, 11) is 0. The minimum atomic E-state index is 0.0931. The smallest absolute Gasteiger partial charge is 0.240 e. The van der Waals surface area contributed by atoms with Gasteiger partial charge in [0, 0.05) is 18.6 Å². The van der Waals surface area contributed by atoms with Crippen LogP contribution < -0.4 is 5.32 Å². The average molecular weight is 196 g/mol. The van der Waals surface area contributed by atoms with Crippen LogP contribution in [-0.4, -0.2) is 35.5 Å². The molecular formula is C11H20N2O. The lowest BCUT2D eigenvalue weighted by molar-refractivity contribution is -0.132. The van der Waals surface area contributed by atoms with Gasteiger partial charge in [0.25, 0.3) is 0 Å². The number of nitrogens with zero attached hydrogens (tertiary/aromatic N) is 1. The number of amides is 1. The van der Waals surface area contributed by atoms with Gasteiger partial charge in [0.1, 0.15) is 0 Å². The maximum Gasteiger partial charge on any atom is 0.240 e. The molecule has 1 aliphatic heterocycles. The van der Waals surface area contributed by atoms with Crippen molar-refractivity contribution in [3.05, 3.63) is 0 Å². The molecule has 0 bridgehead atoms. The molecule has 0 aromatic carbocycles. The van der Waals surface area contributed by atoms with E-state index >= 15 is 0 Å². The van der Waals surface area contributed by atoms with Crippen molar-refractivity contribution in [1.29, 1.82) is 0 Å². The first-order valence-electron chi connectivity index (χ1n) is 5.75. The summed E-state index contributed by atoms with van der Waals surface area (Å²) < 4.78 is 0. The molecular weight excluding hydrogens is 176 g/mol. The lowest BCUT2D eigenvalue weighted by Crippen LogP contribution is -2.46. The largest absolute Gasteiger partial charge is 0.338 e. The predicted octanol–water partition coefficient (Wildman–Crippen LogP) is 1.14. The molecule has 3 heteroatoms. The number of hydrogen-bond donors (Lipinski definition) is 1. The molecule has 1 saturated carbocycles. The molecule has 2 aliphatic rings. The maximum absolute atomic E-state index is 11.9. The van der Waals surface area contributed by atoms with Crippen LogP contribution in [0.15, 0.2) is 0 Å². The van der Waals surface area contributed by atoms with Gasteiger partial charge >= 0.3 is 0 Å². The van der Waals surface area contributed by atoms with E-state index in [1.807, 2.05) is 0 Å². The predicted molar refractivity (Wildman–Crippen MR) is 56.0 cm³/mol. The summed E-state index contributed by atoms with van der Waals surface area (Å²) in [5.74, 6) is 0.336. The first kappa shape index (κ1) is 9.97. The van der Waals surface area contributed by atoms with Crippen molar-refractivity contribution >= 4 is 5.91 Å². The van der Waals surface area contributed by atoms with Crippen molar-refractivity contribution in [3.63, 3.8) is 0 Å². The van der Waals surface area contributed by atoms with E-state index < -0.39 is 0 Å².